The van der Waals surface area contributed by atoms with Crippen LogP contribution in [0.3, 0.4) is 0 Å². The fraction of sp³-hybridized carbons (Fsp3) is 0.267. The van der Waals surface area contributed by atoms with E-state index in [2.05, 4.69) is 15.2 Å². The number of rotatable bonds is 2. The molecule has 6 nitrogen and oxygen atoms in total. The number of aryl methyl sites for hydroxylation is 1. The Morgan fingerprint density at radius 1 is 1.44 bits per heavy atom. The maximum Gasteiger partial charge on any atom is 0.237 e. The second-order valence-electron chi connectivity index (χ2n) is 5.48. The Labute approximate surface area is 165 Å². The molecule has 1 atom stereocenters. The van der Waals surface area contributed by atoms with Crippen molar-refractivity contribution in [2.75, 3.05) is 0 Å². The average molecular weight is 421 g/mol. The molecule has 0 saturated carbocycles. The standard InChI is InChI=1S/C15H15Cl2N5OS.ClH/c1-7-2-3-19-10-4-8(9-6-12(16)24-14(9)17)5-11(13(7)10)20-21-15(18)22-23;/h2-3,6,8,23H,4-5H2,1H3,(H3,18,21,22);1H. The van der Waals surface area contributed by atoms with E-state index >= 15 is 0 Å². The molecule has 0 aliphatic heterocycles. The molecule has 134 valence electrons. The third-order valence-corrected chi connectivity index (χ3v) is 5.44. The summed E-state index contributed by atoms with van der Waals surface area (Å²) in [5.74, 6) is -0.0652. The largest absolute Gasteiger partial charge is 0.367 e. The Morgan fingerprint density at radius 3 is 2.84 bits per heavy atom. The molecule has 10 heteroatoms. The van der Waals surface area contributed by atoms with Crippen molar-refractivity contribution in [1.29, 1.82) is 0 Å². The fourth-order valence-electron chi connectivity index (χ4n) is 2.88. The predicted octanol–water partition coefficient (Wildman–Crippen LogP) is 3.91. The molecule has 2 aromatic rings. The molecule has 1 unspecified atom stereocenters. The van der Waals surface area contributed by atoms with Gasteiger partial charge in [-0.2, -0.15) is 5.10 Å². The zero-order valence-corrected chi connectivity index (χ0v) is 16.3. The number of hydroxylamine groups is 1. The van der Waals surface area contributed by atoms with Gasteiger partial charge in [0.15, 0.2) is 0 Å². The molecular formula is C15H16Cl3N5OS. The molecule has 25 heavy (non-hydrogen) atoms. The van der Waals surface area contributed by atoms with Crippen LogP contribution in [-0.2, 0) is 6.42 Å². The molecule has 0 aromatic carbocycles. The van der Waals surface area contributed by atoms with Crippen molar-refractivity contribution in [2.45, 2.75) is 25.7 Å². The molecule has 1 aliphatic rings. The third kappa shape index (κ3) is 4.24. The molecule has 1 aliphatic carbocycles. The Kier molecular flexibility index (Phi) is 6.65. The van der Waals surface area contributed by atoms with E-state index in [1.165, 1.54) is 11.3 Å². The number of hydrogen-bond donors (Lipinski definition) is 3. The second-order valence-corrected chi connectivity index (χ2v) is 7.76. The Morgan fingerprint density at radius 2 is 2.20 bits per heavy atom. The number of hydrogen-bond acceptors (Lipinski definition) is 5. The van der Waals surface area contributed by atoms with Gasteiger partial charge in [0, 0.05) is 11.8 Å². The lowest BCUT2D eigenvalue weighted by Crippen LogP contribution is -2.28. The average Bonchev–Trinajstić information content (AvgIpc) is 2.90. The first-order valence-corrected chi connectivity index (χ1v) is 8.76. The second kappa shape index (κ2) is 8.33. The summed E-state index contributed by atoms with van der Waals surface area (Å²) in [4.78, 5) is 4.49. The summed E-state index contributed by atoms with van der Waals surface area (Å²) in [6.45, 7) is 2.00. The van der Waals surface area contributed by atoms with Gasteiger partial charge in [0.25, 0.3) is 0 Å². The van der Waals surface area contributed by atoms with Crippen LogP contribution < -0.4 is 11.2 Å². The number of halogens is 3. The maximum absolute atomic E-state index is 8.77. The molecule has 0 bridgehead atoms. The number of guanidine groups is 1. The van der Waals surface area contributed by atoms with Gasteiger partial charge in [-0.3, -0.25) is 10.2 Å². The number of fused-ring (bicyclic) bond motifs is 1. The molecule has 0 amide bonds. The number of pyridine rings is 1. The molecule has 2 heterocycles. The van der Waals surface area contributed by atoms with Gasteiger partial charge >= 0.3 is 0 Å². The summed E-state index contributed by atoms with van der Waals surface area (Å²) in [5.41, 5.74) is 11.9. The third-order valence-electron chi connectivity index (χ3n) is 3.92. The van der Waals surface area contributed by atoms with Crippen LogP contribution in [0.15, 0.2) is 28.5 Å². The Bertz CT molecular complexity index is 837. The molecule has 0 spiro atoms. The van der Waals surface area contributed by atoms with Crippen LogP contribution in [0.1, 0.15) is 34.7 Å². The van der Waals surface area contributed by atoms with Crippen LogP contribution in [0.5, 0.6) is 0 Å². The first kappa shape index (κ1) is 19.9. The van der Waals surface area contributed by atoms with Crippen LogP contribution in [0.4, 0.5) is 0 Å². The highest BCUT2D eigenvalue weighted by Gasteiger charge is 2.29. The molecule has 4 N–H and O–H groups in total. The molecule has 3 rings (SSSR count). The van der Waals surface area contributed by atoms with Gasteiger partial charge in [-0.25, -0.2) is 5.48 Å². The van der Waals surface area contributed by atoms with Gasteiger partial charge in [-0.05, 0) is 48.9 Å². The lowest BCUT2D eigenvalue weighted by molar-refractivity contribution is 0.232. The highest BCUT2D eigenvalue weighted by atomic mass is 35.5. The lowest BCUT2D eigenvalue weighted by Gasteiger charge is -2.25. The van der Waals surface area contributed by atoms with E-state index in [0.717, 1.165) is 34.5 Å². The van der Waals surface area contributed by atoms with Crippen LogP contribution in [-0.4, -0.2) is 21.9 Å². The van der Waals surface area contributed by atoms with Crippen LogP contribution in [0.25, 0.3) is 0 Å². The first-order valence-electron chi connectivity index (χ1n) is 7.19. The van der Waals surface area contributed by atoms with Crippen molar-refractivity contribution in [1.82, 2.24) is 10.5 Å². The number of nitrogens with two attached hydrogens (primary N) is 1. The van der Waals surface area contributed by atoms with E-state index in [1.54, 1.807) is 11.7 Å². The van der Waals surface area contributed by atoms with Gasteiger partial charge in [0.2, 0.25) is 5.96 Å². The van der Waals surface area contributed by atoms with E-state index in [-0.39, 0.29) is 24.3 Å². The van der Waals surface area contributed by atoms with Gasteiger partial charge < -0.3 is 5.73 Å². The number of nitrogens with one attached hydrogen (secondary N) is 1. The van der Waals surface area contributed by atoms with E-state index in [4.69, 9.17) is 34.1 Å². The zero-order chi connectivity index (χ0) is 17.3. The van der Waals surface area contributed by atoms with Crippen LogP contribution >= 0.6 is 46.9 Å². The summed E-state index contributed by atoms with van der Waals surface area (Å²) in [5, 5.41) is 16.8. The highest BCUT2D eigenvalue weighted by molar-refractivity contribution is 7.20. The predicted molar refractivity (Wildman–Crippen MR) is 105 cm³/mol. The van der Waals surface area contributed by atoms with E-state index in [9.17, 15) is 0 Å². The number of nitrogens with zero attached hydrogens (tertiary/aromatic N) is 3. The smallest absolute Gasteiger partial charge is 0.237 e. The maximum atomic E-state index is 8.77. The summed E-state index contributed by atoms with van der Waals surface area (Å²) in [6, 6.07) is 3.82. The molecule has 0 saturated heterocycles. The lowest BCUT2D eigenvalue weighted by atomic mass is 9.81. The van der Waals surface area contributed by atoms with Crippen molar-refractivity contribution in [2.24, 2.45) is 15.9 Å². The minimum Gasteiger partial charge on any atom is -0.367 e. The Balaban J connectivity index is 0.00000225. The topological polar surface area (TPSA) is 95.9 Å². The van der Waals surface area contributed by atoms with Crippen LogP contribution in [0.2, 0.25) is 8.67 Å². The fourth-order valence-corrected chi connectivity index (χ4v) is 4.51. The van der Waals surface area contributed by atoms with Crippen molar-refractivity contribution >= 4 is 58.6 Å². The van der Waals surface area contributed by atoms with E-state index in [0.29, 0.717) is 15.1 Å². The summed E-state index contributed by atoms with van der Waals surface area (Å²) in [7, 11) is 0. The zero-order valence-electron chi connectivity index (χ0n) is 13.2. The minimum atomic E-state index is -0.177. The summed E-state index contributed by atoms with van der Waals surface area (Å²) < 4.78 is 1.34. The molecular weight excluding hydrogens is 405 g/mol. The van der Waals surface area contributed by atoms with E-state index < -0.39 is 0 Å². The minimum absolute atomic E-state index is 0. The first-order chi connectivity index (χ1) is 11.5. The van der Waals surface area contributed by atoms with Gasteiger partial charge in [0.1, 0.15) is 0 Å². The van der Waals surface area contributed by atoms with Gasteiger partial charge in [-0.1, -0.05) is 23.2 Å². The molecule has 0 radical (unpaired) electrons. The summed E-state index contributed by atoms with van der Waals surface area (Å²) in [6.07, 6.45) is 3.16. The highest BCUT2D eigenvalue weighted by Crippen LogP contribution is 2.41. The molecule has 0 fully saturated rings. The van der Waals surface area contributed by atoms with Gasteiger partial charge in [0.05, 0.1) is 20.1 Å². The molecule has 2 aromatic heterocycles. The monoisotopic (exact) mass is 419 g/mol. The Hall–Kier alpha value is -1.38. The SMILES string of the molecule is Cc1ccnc2c1C(=N/N=C(/N)NO)CC(c1cc(Cl)sc1Cl)C2.Cl. The van der Waals surface area contributed by atoms with Crippen molar-refractivity contribution in [3.05, 3.63) is 49.4 Å². The van der Waals surface area contributed by atoms with Crippen molar-refractivity contribution < 1.29 is 5.21 Å². The van der Waals surface area contributed by atoms with Gasteiger partial charge in [-0.15, -0.1) is 28.8 Å². The normalized spacial score (nSPS) is 18.6. The summed E-state index contributed by atoms with van der Waals surface area (Å²) >= 11 is 13.8. The quantitative estimate of drug-likeness (QED) is 0.390. The van der Waals surface area contributed by atoms with Crippen LogP contribution in [0, 0.1) is 6.92 Å². The van der Waals surface area contributed by atoms with E-state index in [1.807, 2.05) is 19.1 Å². The number of aromatic nitrogens is 1. The van der Waals surface area contributed by atoms with Crippen molar-refractivity contribution in [3.63, 3.8) is 0 Å². The number of thiophene rings is 1. The van der Waals surface area contributed by atoms with Crippen molar-refractivity contribution in [3.8, 4) is 0 Å².